The van der Waals surface area contributed by atoms with Gasteiger partial charge in [-0.25, -0.2) is 13.1 Å². The molecule has 3 N–H and O–H groups in total. The Hall–Kier alpha value is -2.27. The molecule has 0 aliphatic carbocycles. The molecule has 8 nitrogen and oxygen atoms in total. The number of benzene rings is 2. The molecule has 168 valence electrons. The number of carbonyl (C=O) groups excluding carboxylic acids is 2. The summed E-state index contributed by atoms with van der Waals surface area (Å²) in [7, 11) is -3.71. The number of ether oxygens (including phenoxy) is 1. The zero-order chi connectivity index (χ0) is 22.7. The summed E-state index contributed by atoms with van der Waals surface area (Å²) in [5.74, 6) is -0.710. The fourth-order valence-corrected chi connectivity index (χ4v) is 3.91. The second-order valence-electron chi connectivity index (χ2n) is 6.50. The number of anilines is 1. The van der Waals surface area contributed by atoms with E-state index in [2.05, 4.69) is 31.3 Å². The topological polar surface area (TPSA) is 114 Å². The number of para-hydroxylation sites is 1. The van der Waals surface area contributed by atoms with E-state index >= 15 is 0 Å². The first kappa shape index (κ1) is 25.0. The number of sulfonamides is 1. The lowest BCUT2D eigenvalue weighted by molar-refractivity contribution is -0.116. The third-order valence-corrected chi connectivity index (χ3v) is 6.17. The summed E-state index contributed by atoms with van der Waals surface area (Å²) >= 11 is 3.25. The van der Waals surface area contributed by atoms with E-state index < -0.39 is 15.9 Å². The third kappa shape index (κ3) is 8.41. The average molecular weight is 512 g/mol. The molecule has 2 aromatic rings. The summed E-state index contributed by atoms with van der Waals surface area (Å²) in [4.78, 5) is 24.8. The molecular formula is C21H26BrN3O5S. The molecule has 0 spiro atoms. The molecule has 0 fully saturated rings. The van der Waals surface area contributed by atoms with Gasteiger partial charge in [0.05, 0.1) is 16.1 Å². The first-order valence-corrected chi connectivity index (χ1v) is 12.1. The van der Waals surface area contributed by atoms with Crippen molar-refractivity contribution in [1.82, 2.24) is 10.0 Å². The lowest BCUT2D eigenvalue weighted by atomic mass is 10.1. The van der Waals surface area contributed by atoms with Crippen molar-refractivity contribution in [3.05, 3.63) is 58.6 Å². The van der Waals surface area contributed by atoms with Gasteiger partial charge in [-0.2, -0.15) is 0 Å². The van der Waals surface area contributed by atoms with E-state index in [1.807, 2.05) is 6.92 Å². The summed E-state index contributed by atoms with van der Waals surface area (Å²) < 4.78 is 32.9. The molecule has 2 amide bonds. The molecule has 10 heteroatoms. The largest absolute Gasteiger partial charge is 0.382 e. The zero-order valence-corrected chi connectivity index (χ0v) is 19.6. The van der Waals surface area contributed by atoms with Crippen molar-refractivity contribution in [2.24, 2.45) is 0 Å². The highest BCUT2D eigenvalue weighted by Crippen LogP contribution is 2.16. The summed E-state index contributed by atoms with van der Waals surface area (Å²) in [6.07, 6.45) is 0.604. The second-order valence-corrected chi connectivity index (χ2v) is 9.18. The van der Waals surface area contributed by atoms with Crippen molar-refractivity contribution in [1.29, 1.82) is 0 Å². The number of amides is 2. The minimum atomic E-state index is -3.71. The number of carbonyl (C=O) groups is 2. The smallest absolute Gasteiger partial charge is 0.253 e. The van der Waals surface area contributed by atoms with Crippen LogP contribution in [0.15, 0.2) is 57.9 Å². The van der Waals surface area contributed by atoms with Crippen LogP contribution in [0, 0.1) is 0 Å². The van der Waals surface area contributed by atoms with Crippen molar-refractivity contribution in [2.45, 2.75) is 24.7 Å². The number of rotatable bonds is 12. The van der Waals surface area contributed by atoms with Crippen molar-refractivity contribution in [3.63, 3.8) is 0 Å². The Kier molecular flexibility index (Phi) is 10.1. The van der Waals surface area contributed by atoms with Gasteiger partial charge < -0.3 is 15.4 Å². The molecule has 0 radical (unpaired) electrons. The Morgan fingerprint density at radius 1 is 1.03 bits per heavy atom. The first-order chi connectivity index (χ1) is 14.8. The van der Waals surface area contributed by atoms with Gasteiger partial charge in [0.25, 0.3) is 5.91 Å². The lowest BCUT2D eigenvalue weighted by Gasteiger charge is -2.12. The van der Waals surface area contributed by atoms with Crippen LogP contribution < -0.4 is 15.4 Å². The van der Waals surface area contributed by atoms with Crippen LogP contribution in [0.25, 0.3) is 0 Å². The highest BCUT2D eigenvalue weighted by molar-refractivity contribution is 9.10. The van der Waals surface area contributed by atoms with Crippen molar-refractivity contribution < 1.29 is 22.7 Å². The van der Waals surface area contributed by atoms with Crippen molar-refractivity contribution in [3.8, 4) is 0 Å². The molecule has 2 aromatic carbocycles. The van der Waals surface area contributed by atoms with E-state index in [9.17, 15) is 18.0 Å². The zero-order valence-electron chi connectivity index (χ0n) is 17.2. The van der Waals surface area contributed by atoms with Crippen LogP contribution in [0.2, 0.25) is 0 Å². The van der Waals surface area contributed by atoms with Gasteiger partial charge in [-0.05, 0) is 49.7 Å². The number of hydrogen-bond acceptors (Lipinski definition) is 5. The molecule has 0 unspecified atom stereocenters. The Morgan fingerprint density at radius 2 is 1.74 bits per heavy atom. The Balaban J connectivity index is 1.86. The summed E-state index contributed by atoms with van der Waals surface area (Å²) in [5, 5.41) is 5.46. The fourth-order valence-electron chi connectivity index (χ4n) is 2.61. The van der Waals surface area contributed by atoms with E-state index in [0.717, 1.165) is 4.47 Å². The van der Waals surface area contributed by atoms with Crippen LogP contribution in [0.3, 0.4) is 0 Å². The standard InChI is InChI=1S/C21H26BrN3O5S/c1-2-30-15-5-13-23-21(27)18-6-3-4-7-19(18)25-20(26)12-14-24-31(28,29)17-10-8-16(22)9-11-17/h3-4,6-11,24H,2,5,12-15H2,1H3,(H,23,27)(H,25,26). The highest BCUT2D eigenvalue weighted by atomic mass is 79.9. The number of halogens is 1. The maximum atomic E-state index is 12.4. The van der Waals surface area contributed by atoms with Crippen LogP contribution in [-0.4, -0.2) is 46.5 Å². The van der Waals surface area contributed by atoms with Crippen LogP contribution in [-0.2, 0) is 19.6 Å². The first-order valence-electron chi connectivity index (χ1n) is 9.83. The minimum Gasteiger partial charge on any atom is -0.382 e. The van der Waals surface area contributed by atoms with E-state index in [1.54, 1.807) is 36.4 Å². The molecular weight excluding hydrogens is 486 g/mol. The van der Waals surface area contributed by atoms with Gasteiger partial charge in [0, 0.05) is 37.2 Å². The Bertz CT molecular complexity index is 981. The highest BCUT2D eigenvalue weighted by Gasteiger charge is 2.16. The maximum Gasteiger partial charge on any atom is 0.253 e. The van der Waals surface area contributed by atoms with E-state index in [1.165, 1.54) is 12.1 Å². The third-order valence-electron chi connectivity index (χ3n) is 4.17. The predicted octanol–water partition coefficient (Wildman–Crippen LogP) is 2.91. The van der Waals surface area contributed by atoms with E-state index in [0.29, 0.717) is 37.4 Å². The average Bonchev–Trinajstić information content (AvgIpc) is 2.74. The van der Waals surface area contributed by atoms with Crippen LogP contribution in [0.4, 0.5) is 5.69 Å². The predicted molar refractivity (Wildman–Crippen MR) is 122 cm³/mol. The van der Waals surface area contributed by atoms with Crippen LogP contribution in [0.5, 0.6) is 0 Å². The molecule has 0 saturated heterocycles. The molecule has 0 bridgehead atoms. The molecule has 0 saturated carbocycles. The minimum absolute atomic E-state index is 0.0734. The monoisotopic (exact) mass is 511 g/mol. The van der Waals surface area contributed by atoms with Gasteiger partial charge in [-0.3, -0.25) is 9.59 Å². The molecule has 0 aliphatic heterocycles. The van der Waals surface area contributed by atoms with Crippen LogP contribution in [0.1, 0.15) is 30.1 Å². The quantitative estimate of drug-likeness (QED) is 0.379. The number of nitrogens with one attached hydrogen (secondary N) is 3. The van der Waals surface area contributed by atoms with Gasteiger partial charge in [-0.15, -0.1) is 0 Å². The molecule has 31 heavy (non-hydrogen) atoms. The fraction of sp³-hybridized carbons (Fsp3) is 0.333. The summed E-state index contributed by atoms with van der Waals surface area (Å²) in [5.41, 5.74) is 0.702. The van der Waals surface area contributed by atoms with Gasteiger partial charge in [0.2, 0.25) is 15.9 Å². The van der Waals surface area contributed by atoms with Gasteiger partial charge in [-0.1, -0.05) is 28.1 Å². The molecule has 0 heterocycles. The molecule has 0 aromatic heterocycles. The molecule has 0 aliphatic rings. The summed E-state index contributed by atoms with van der Waals surface area (Å²) in [6.45, 7) is 3.48. The van der Waals surface area contributed by atoms with Gasteiger partial charge in [0.15, 0.2) is 0 Å². The number of hydrogen-bond donors (Lipinski definition) is 3. The Labute approximate surface area is 190 Å². The molecule has 0 atom stereocenters. The molecule has 2 rings (SSSR count). The lowest BCUT2D eigenvalue weighted by Crippen LogP contribution is -2.29. The maximum absolute atomic E-state index is 12.4. The van der Waals surface area contributed by atoms with Crippen LogP contribution >= 0.6 is 15.9 Å². The van der Waals surface area contributed by atoms with E-state index in [4.69, 9.17) is 4.74 Å². The second kappa shape index (κ2) is 12.6. The van der Waals surface area contributed by atoms with E-state index in [-0.39, 0.29) is 23.8 Å². The SMILES string of the molecule is CCOCCCNC(=O)c1ccccc1NC(=O)CCNS(=O)(=O)c1ccc(Br)cc1. The summed E-state index contributed by atoms with van der Waals surface area (Å²) in [6, 6.07) is 12.8. The van der Waals surface area contributed by atoms with Gasteiger partial charge >= 0.3 is 0 Å². The van der Waals surface area contributed by atoms with Gasteiger partial charge in [0.1, 0.15) is 0 Å². The van der Waals surface area contributed by atoms with Crippen molar-refractivity contribution in [2.75, 3.05) is 31.6 Å². The Morgan fingerprint density at radius 3 is 2.45 bits per heavy atom. The van der Waals surface area contributed by atoms with Crippen molar-refractivity contribution >= 4 is 43.5 Å². The normalized spacial score (nSPS) is 11.2.